The molecule has 1 heterocycles. The molecule has 0 unspecified atom stereocenters. The number of sulfone groups is 1. The highest BCUT2D eigenvalue weighted by Crippen LogP contribution is 2.23. The number of nitrogen functional groups attached to an aromatic ring is 1. The minimum atomic E-state index is -3.36. The summed E-state index contributed by atoms with van der Waals surface area (Å²) in [5.74, 6) is 0. The van der Waals surface area contributed by atoms with Gasteiger partial charge in [0.15, 0.2) is 9.84 Å². The molecule has 0 radical (unpaired) electrons. The van der Waals surface area contributed by atoms with Crippen molar-refractivity contribution in [1.29, 1.82) is 0 Å². The van der Waals surface area contributed by atoms with Crippen molar-refractivity contribution in [1.82, 2.24) is 9.78 Å². The molecule has 1 aromatic heterocycles. The lowest BCUT2D eigenvalue weighted by molar-refractivity contribution is -0.384. The lowest BCUT2D eigenvalue weighted by Gasteiger charge is -2.04. The molecule has 0 aliphatic heterocycles. The molecule has 0 fully saturated rings. The molecule has 2 aromatic rings. The van der Waals surface area contributed by atoms with E-state index in [1.807, 2.05) is 0 Å². The third-order valence-electron chi connectivity index (χ3n) is 2.46. The molecule has 2 N–H and O–H groups in total. The molecule has 19 heavy (non-hydrogen) atoms. The van der Waals surface area contributed by atoms with E-state index >= 15 is 0 Å². The SMILES string of the molecule is CS(=O)(=O)c1cnn(-c2ccc([N+](=O)[O-])cc2N)c1. The van der Waals surface area contributed by atoms with Gasteiger partial charge in [0, 0.05) is 24.6 Å². The molecule has 0 saturated heterocycles. The number of hydrogen-bond donors (Lipinski definition) is 1. The zero-order valence-corrected chi connectivity index (χ0v) is 10.7. The molecule has 8 nitrogen and oxygen atoms in total. The fraction of sp³-hybridized carbons (Fsp3) is 0.100. The Morgan fingerprint density at radius 1 is 1.42 bits per heavy atom. The molecule has 0 spiro atoms. The second-order valence-electron chi connectivity index (χ2n) is 3.89. The van der Waals surface area contributed by atoms with E-state index in [0.29, 0.717) is 5.69 Å². The number of rotatable bonds is 3. The maximum absolute atomic E-state index is 11.3. The minimum Gasteiger partial charge on any atom is -0.397 e. The molecule has 0 atom stereocenters. The number of nitrogens with zero attached hydrogens (tertiary/aromatic N) is 3. The van der Waals surface area contributed by atoms with Gasteiger partial charge in [-0.05, 0) is 6.07 Å². The van der Waals surface area contributed by atoms with Crippen molar-refractivity contribution < 1.29 is 13.3 Å². The average Bonchev–Trinajstić information content (AvgIpc) is 2.77. The zero-order chi connectivity index (χ0) is 14.2. The van der Waals surface area contributed by atoms with Crippen molar-refractivity contribution in [3.05, 3.63) is 40.7 Å². The molecule has 0 bridgehead atoms. The molecule has 0 aliphatic rings. The quantitative estimate of drug-likeness (QED) is 0.504. The van der Waals surface area contributed by atoms with E-state index in [1.165, 1.54) is 35.3 Å². The molecule has 100 valence electrons. The number of nitro benzene ring substituents is 1. The van der Waals surface area contributed by atoms with Crippen molar-refractivity contribution in [3.63, 3.8) is 0 Å². The van der Waals surface area contributed by atoms with E-state index < -0.39 is 14.8 Å². The summed E-state index contributed by atoms with van der Waals surface area (Å²) < 4.78 is 23.9. The van der Waals surface area contributed by atoms with E-state index in [0.717, 1.165) is 6.26 Å². The van der Waals surface area contributed by atoms with E-state index in [1.54, 1.807) is 0 Å². The number of nitro groups is 1. The second kappa shape index (κ2) is 4.35. The van der Waals surface area contributed by atoms with Gasteiger partial charge in [0.1, 0.15) is 4.90 Å². The maximum Gasteiger partial charge on any atom is 0.271 e. The molecule has 0 amide bonds. The Kier molecular flexibility index (Phi) is 2.98. The Bertz CT molecular complexity index is 751. The van der Waals surface area contributed by atoms with Crippen molar-refractivity contribution in [2.45, 2.75) is 4.90 Å². The number of benzene rings is 1. The Hall–Kier alpha value is -2.42. The van der Waals surface area contributed by atoms with Crippen LogP contribution in [0.4, 0.5) is 11.4 Å². The van der Waals surface area contributed by atoms with Gasteiger partial charge in [0.05, 0.1) is 22.5 Å². The first-order valence-corrected chi connectivity index (χ1v) is 6.97. The van der Waals surface area contributed by atoms with Crippen LogP contribution >= 0.6 is 0 Å². The predicted molar refractivity (Wildman–Crippen MR) is 67.7 cm³/mol. The lowest BCUT2D eigenvalue weighted by Crippen LogP contribution is -2.01. The first kappa shape index (κ1) is 13.0. The first-order valence-electron chi connectivity index (χ1n) is 5.08. The highest BCUT2D eigenvalue weighted by Gasteiger charge is 2.14. The molecular weight excluding hydrogens is 272 g/mol. The topological polar surface area (TPSA) is 121 Å². The van der Waals surface area contributed by atoms with Crippen molar-refractivity contribution >= 4 is 21.2 Å². The number of non-ortho nitro benzene ring substituents is 1. The molecular formula is C10H10N4O4S. The molecule has 0 saturated carbocycles. The largest absolute Gasteiger partial charge is 0.397 e. The maximum atomic E-state index is 11.3. The van der Waals surface area contributed by atoms with Crippen LogP contribution in [0.25, 0.3) is 5.69 Å². The van der Waals surface area contributed by atoms with E-state index in [-0.39, 0.29) is 16.3 Å². The number of anilines is 1. The van der Waals surface area contributed by atoms with Crippen molar-refractivity contribution in [2.75, 3.05) is 12.0 Å². The van der Waals surface area contributed by atoms with Gasteiger partial charge in [-0.25, -0.2) is 13.1 Å². The van der Waals surface area contributed by atoms with Crippen LogP contribution in [0.15, 0.2) is 35.5 Å². The van der Waals surface area contributed by atoms with Gasteiger partial charge in [-0.1, -0.05) is 0 Å². The summed E-state index contributed by atoms with van der Waals surface area (Å²) in [7, 11) is -3.36. The number of nitrogens with two attached hydrogens (primary N) is 1. The second-order valence-corrected chi connectivity index (χ2v) is 5.91. The van der Waals surface area contributed by atoms with Gasteiger partial charge in [-0.15, -0.1) is 0 Å². The molecule has 9 heteroatoms. The van der Waals surface area contributed by atoms with E-state index in [2.05, 4.69) is 5.10 Å². The van der Waals surface area contributed by atoms with Gasteiger partial charge < -0.3 is 5.73 Å². The summed E-state index contributed by atoms with van der Waals surface area (Å²) in [6.45, 7) is 0. The zero-order valence-electron chi connectivity index (χ0n) is 9.85. The summed E-state index contributed by atoms with van der Waals surface area (Å²) in [6, 6.07) is 3.87. The van der Waals surface area contributed by atoms with Gasteiger partial charge >= 0.3 is 0 Å². The summed E-state index contributed by atoms with van der Waals surface area (Å²) >= 11 is 0. The van der Waals surface area contributed by atoms with Crippen LogP contribution < -0.4 is 5.73 Å². The fourth-order valence-electron chi connectivity index (χ4n) is 1.49. The monoisotopic (exact) mass is 282 g/mol. The number of hydrogen-bond acceptors (Lipinski definition) is 6. The van der Waals surface area contributed by atoms with Gasteiger partial charge in [-0.3, -0.25) is 10.1 Å². The Morgan fingerprint density at radius 2 is 2.11 bits per heavy atom. The third-order valence-corrected chi connectivity index (χ3v) is 3.52. The summed E-state index contributed by atoms with van der Waals surface area (Å²) in [5.41, 5.74) is 6.06. The Morgan fingerprint density at radius 3 is 2.58 bits per heavy atom. The third kappa shape index (κ3) is 2.55. The molecule has 1 aromatic carbocycles. The highest BCUT2D eigenvalue weighted by molar-refractivity contribution is 7.90. The van der Waals surface area contributed by atoms with Gasteiger partial charge in [-0.2, -0.15) is 5.10 Å². The lowest BCUT2D eigenvalue weighted by atomic mass is 10.2. The average molecular weight is 282 g/mol. The predicted octanol–water partition coefficient (Wildman–Crippen LogP) is 0.766. The van der Waals surface area contributed by atoms with Crippen LogP contribution in [-0.4, -0.2) is 29.4 Å². The van der Waals surface area contributed by atoms with Crippen LogP contribution in [0.2, 0.25) is 0 Å². The van der Waals surface area contributed by atoms with E-state index in [4.69, 9.17) is 5.73 Å². The fourth-order valence-corrected chi connectivity index (χ4v) is 2.02. The smallest absolute Gasteiger partial charge is 0.271 e. The van der Waals surface area contributed by atoms with Crippen LogP contribution in [-0.2, 0) is 9.84 Å². The van der Waals surface area contributed by atoms with Crippen LogP contribution in [0.1, 0.15) is 0 Å². The minimum absolute atomic E-state index is 0.0465. The van der Waals surface area contributed by atoms with Crippen molar-refractivity contribution in [2.24, 2.45) is 0 Å². The molecule has 2 rings (SSSR count). The van der Waals surface area contributed by atoms with Crippen LogP contribution in [0.5, 0.6) is 0 Å². The van der Waals surface area contributed by atoms with E-state index in [9.17, 15) is 18.5 Å². The van der Waals surface area contributed by atoms with Crippen LogP contribution in [0.3, 0.4) is 0 Å². The number of aromatic nitrogens is 2. The van der Waals surface area contributed by atoms with Gasteiger partial charge in [0.25, 0.3) is 5.69 Å². The normalized spacial score (nSPS) is 11.4. The van der Waals surface area contributed by atoms with Gasteiger partial charge in [0.2, 0.25) is 0 Å². The summed E-state index contributed by atoms with van der Waals surface area (Å²) in [6.07, 6.45) is 3.55. The Labute approximate surface area is 108 Å². The standard InChI is InChI=1S/C10H10N4O4S/c1-19(17,18)8-5-12-13(6-8)10-3-2-7(14(15)16)4-9(10)11/h2-6H,11H2,1H3. The molecule has 0 aliphatic carbocycles. The van der Waals surface area contributed by atoms with Crippen molar-refractivity contribution in [3.8, 4) is 5.69 Å². The first-order chi connectivity index (χ1) is 8.79. The summed E-state index contributed by atoms with van der Waals surface area (Å²) in [4.78, 5) is 10.1. The summed E-state index contributed by atoms with van der Waals surface area (Å²) in [5, 5.41) is 14.5. The highest BCUT2D eigenvalue weighted by atomic mass is 32.2. The van der Waals surface area contributed by atoms with Crippen LogP contribution in [0, 0.1) is 10.1 Å². The Balaban J connectivity index is 2.48.